The number of hydrogen-bond acceptors (Lipinski definition) is 6. The van der Waals surface area contributed by atoms with E-state index < -0.39 is 0 Å². The molecule has 7 nitrogen and oxygen atoms in total. The lowest BCUT2D eigenvalue weighted by molar-refractivity contribution is -0.129. The molecule has 3 aliphatic rings. The molecule has 1 aromatic heterocycles. The van der Waals surface area contributed by atoms with Crippen LogP contribution in [0.15, 0.2) is 12.4 Å². The highest BCUT2D eigenvalue weighted by molar-refractivity contribution is 5.82. The number of piperazine rings is 1. The Labute approximate surface area is 142 Å². The van der Waals surface area contributed by atoms with Gasteiger partial charge in [0.2, 0.25) is 5.91 Å². The summed E-state index contributed by atoms with van der Waals surface area (Å²) in [6.45, 7) is 2.80. The standard InChI is InChI=1S/C17H25N5O2/c1-21-6-7-22(10-17(21)23)16-9-15(18-11-19-16)20-13-3-2-4-14-12(13)5-8-24-14/h9,11-14H,2-8,10H2,1H3,(H,18,19,20). The number of anilines is 2. The van der Waals surface area contributed by atoms with Crippen molar-refractivity contribution in [3.05, 3.63) is 12.4 Å². The third-order valence-electron chi connectivity index (χ3n) is 5.55. The Morgan fingerprint density at radius 2 is 2.17 bits per heavy atom. The fourth-order valence-electron chi connectivity index (χ4n) is 4.10. The Hall–Kier alpha value is -1.89. The van der Waals surface area contributed by atoms with Crippen LogP contribution in [-0.4, -0.2) is 66.2 Å². The first-order chi connectivity index (χ1) is 11.7. The molecule has 3 atom stereocenters. The minimum atomic E-state index is 0.132. The van der Waals surface area contributed by atoms with Crippen molar-refractivity contribution in [2.45, 2.75) is 37.8 Å². The Morgan fingerprint density at radius 1 is 1.25 bits per heavy atom. The molecule has 2 saturated heterocycles. The highest BCUT2D eigenvalue weighted by Gasteiger charge is 2.37. The predicted octanol–water partition coefficient (Wildman–Crippen LogP) is 1.12. The number of carbonyl (C=O) groups is 1. The molecule has 0 radical (unpaired) electrons. The summed E-state index contributed by atoms with van der Waals surface area (Å²) in [4.78, 5) is 24.5. The van der Waals surface area contributed by atoms with E-state index in [0.29, 0.717) is 24.6 Å². The maximum Gasteiger partial charge on any atom is 0.241 e. The van der Waals surface area contributed by atoms with Crippen molar-refractivity contribution >= 4 is 17.5 Å². The predicted molar refractivity (Wildman–Crippen MR) is 91.0 cm³/mol. The number of amides is 1. The smallest absolute Gasteiger partial charge is 0.241 e. The van der Waals surface area contributed by atoms with Crippen LogP contribution in [0.3, 0.4) is 0 Å². The van der Waals surface area contributed by atoms with E-state index in [-0.39, 0.29) is 5.91 Å². The number of hydrogen-bond donors (Lipinski definition) is 1. The second-order valence-corrected chi connectivity index (χ2v) is 7.04. The Bertz CT molecular complexity index is 610. The fraction of sp³-hybridized carbons (Fsp3) is 0.706. The molecule has 1 saturated carbocycles. The Kier molecular flexibility index (Phi) is 4.26. The molecule has 4 rings (SSSR count). The number of nitrogens with zero attached hydrogens (tertiary/aromatic N) is 4. The van der Waals surface area contributed by atoms with E-state index in [9.17, 15) is 4.79 Å². The van der Waals surface area contributed by atoms with Crippen molar-refractivity contribution in [1.82, 2.24) is 14.9 Å². The van der Waals surface area contributed by atoms with Crippen LogP contribution in [-0.2, 0) is 9.53 Å². The monoisotopic (exact) mass is 331 g/mol. The number of fused-ring (bicyclic) bond motifs is 1. The molecular formula is C17H25N5O2. The maximum absolute atomic E-state index is 11.9. The molecule has 0 spiro atoms. The third kappa shape index (κ3) is 3.05. The van der Waals surface area contributed by atoms with Crippen LogP contribution < -0.4 is 10.2 Å². The Morgan fingerprint density at radius 3 is 3.04 bits per heavy atom. The van der Waals surface area contributed by atoms with Crippen molar-refractivity contribution in [1.29, 1.82) is 0 Å². The molecular weight excluding hydrogens is 306 g/mol. The van der Waals surface area contributed by atoms with Gasteiger partial charge >= 0.3 is 0 Å². The van der Waals surface area contributed by atoms with Gasteiger partial charge in [-0.25, -0.2) is 9.97 Å². The van der Waals surface area contributed by atoms with E-state index in [0.717, 1.165) is 44.2 Å². The van der Waals surface area contributed by atoms with Crippen molar-refractivity contribution in [3.8, 4) is 0 Å². The van der Waals surface area contributed by atoms with Gasteiger partial charge in [-0.2, -0.15) is 0 Å². The summed E-state index contributed by atoms with van der Waals surface area (Å²) in [7, 11) is 1.84. The first-order valence-corrected chi connectivity index (χ1v) is 8.90. The SMILES string of the molecule is CN1CCN(c2cc(NC3CCCC4OCCC34)ncn2)CC1=O. The molecule has 0 bridgehead atoms. The van der Waals surface area contributed by atoms with Crippen LogP contribution in [0.2, 0.25) is 0 Å². The Balaban J connectivity index is 1.46. The zero-order chi connectivity index (χ0) is 16.5. The maximum atomic E-state index is 11.9. The molecule has 3 unspecified atom stereocenters. The van der Waals surface area contributed by atoms with Crippen LogP contribution >= 0.6 is 0 Å². The number of rotatable bonds is 3. The molecule has 24 heavy (non-hydrogen) atoms. The molecule has 1 amide bonds. The molecule has 7 heteroatoms. The van der Waals surface area contributed by atoms with Gasteiger partial charge in [0.05, 0.1) is 12.6 Å². The minimum Gasteiger partial charge on any atom is -0.378 e. The molecule has 1 aromatic rings. The van der Waals surface area contributed by atoms with Gasteiger partial charge in [-0.1, -0.05) is 0 Å². The minimum absolute atomic E-state index is 0.132. The van der Waals surface area contributed by atoms with E-state index in [1.54, 1.807) is 11.2 Å². The fourth-order valence-corrected chi connectivity index (χ4v) is 4.10. The average molecular weight is 331 g/mol. The second-order valence-electron chi connectivity index (χ2n) is 7.04. The quantitative estimate of drug-likeness (QED) is 0.895. The first-order valence-electron chi connectivity index (χ1n) is 8.90. The number of aromatic nitrogens is 2. The van der Waals surface area contributed by atoms with E-state index in [1.807, 2.05) is 18.0 Å². The molecule has 3 heterocycles. The van der Waals surface area contributed by atoms with Crippen LogP contribution in [0.25, 0.3) is 0 Å². The molecule has 1 N–H and O–H groups in total. The van der Waals surface area contributed by atoms with Gasteiger partial charge in [0.1, 0.15) is 18.0 Å². The summed E-state index contributed by atoms with van der Waals surface area (Å²) >= 11 is 0. The van der Waals surface area contributed by atoms with Gasteiger partial charge in [-0.15, -0.1) is 0 Å². The molecule has 1 aliphatic carbocycles. The first kappa shape index (κ1) is 15.6. The molecule has 3 fully saturated rings. The molecule has 0 aromatic carbocycles. The van der Waals surface area contributed by atoms with Crippen LogP contribution in [0, 0.1) is 5.92 Å². The molecule has 130 valence electrons. The van der Waals surface area contributed by atoms with E-state index in [1.165, 1.54) is 12.8 Å². The van der Waals surface area contributed by atoms with E-state index >= 15 is 0 Å². The zero-order valence-corrected chi connectivity index (χ0v) is 14.1. The third-order valence-corrected chi connectivity index (χ3v) is 5.55. The van der Waals surface area contributed by atoms with Crippen LogP contribution in [0.1, 0.15) is 25.7 Å². The lowest BCUT2D eigenvalue weighted by atomic mass is 9.82. The number of likely N-dealkylation sites (N-methyl/N-ethyl adjacent to an activating group) is 1. The lowest BCUT2D eigenvalue weighted by Gasteiger charge is -2.34. The van der Waals surface area contributed by atoms with E-state index in [2.05, 4.69) is 15.3 Å². The van der Waals surface area contributed by atoms with Gasteiger partial charge < -0.3 is 19.9 Å². The molecule has 2 aliphatic heterocycles. The van der Waals surface area contributed by atoms with Crippen molar-refractivity contribution in [2.75, 3.05) is 43.5 Å². The van der Waals surface area contributed by atoms with Crippen LogP contribution in [0.5, 0.6) is 0 Å². The van der Waals surface area contributed by atoms with Gasteiger partial charge in [0.15, 0.2) is 0 Å². The second kappa shape index (κ2) is 6.55. The summed E-state index contributed by atoms with van der Waals surface area (Å²) in [5, 5.41) is 3.60. The number of nitrogens with one attached hydrogen (secondary N) is 1. The number of carbonyl (C=O) groups excluding carboxylic acids is 1. The highest BCUT2D eigenvalue weighted by atomic mass is 16.5. The summed E-state index contributed by atoms with van der Waals surface area (Å²) in [5.41, 5.74) is 0. The lowest BCUT2D eigenvalue weighted by Crippen LogP contribution is -2.48. The highest BCUT2D eigenvalue weighted by Crippen LogP contribution is 2.35. The van der Waals surface area contributed by atoms with Gasteiger partial charge in [0.25, 0.3) is 0 Å². The number of ether oxygens (including phenoxy) is 1. The van der Waals surface area contributed by atoms with Crippen molar-refractivity contribution < 1.29 is 9.53 Å². The summed E-state index contributed by atoms with van der Waals surface area (Å²) in [5.74, 6) is 2.39. The largest absolute Gasteiger partial charge is 0.378 e. The van der Waals surface area contributed by atoms with Crippen LogP contribution in [0.4, 0.5) is 11.6 Å². The summed E-state index contributed by atoms with van der Waals surface area (Å²) in [6.07, 6.45) is 6.67. The zero-order valence-electron chi connectivity index (χ0n) is 14.1. The van der Waals surface area contributed by atoms with Crippen molar-refractivity contribution in [2.24, 2.45) is 5.92 Å². The average Bonchev–Trinajstić information content (AvgIpc) is 3.07. The van der Waals surface area contributed by atoms with Gasteiger partial charge in [0, 0.05) is 44.8 Å². The summed E-state index contributed by atoms with van der Waals surface area (Å²) < 4.78 is 5.84. The topological polar surface area (TPSA) is 70.6 Å². The summed E-state index contributed by atoms with van der Waals surface area (Å²) in [6, 6.07) is 2.39. The normalized spacial score (nSPS) is 30.4. The van der Waals surface area contributed by atoms with Gasteiger partial charge in [-0.3, -0.25) is 4.79 Å². The van der Waals surface area contributed by atoms with E-state index in [4.69, 9.17) is 4.74 Å². The van der Waals surface area contributed by atoms with Gasteiger partial charge in [-0.05, 0) is 25.7 Å². The van der Waals surface area contributed by atoms with Crippen molar-refractivity contribution in [3.63, 3.8) is 0 Å².